The molecular formula is C21H20N4O2. The summed E-state index contributed by atoms with van der Waals surface area (Å²) in [6.07, 6.45) is 3.19. The second-order valence-electron chi connectivity index (χ2n) is 7.60. The Balaban J connectivity index is 1.51. The number of hydrogen-bond donors (Lipinski definition) is 0. The predicted octanol–water partition coefficient (Wildman–Crippen LogP) is 3.29. The van der Waals surface area contributed by atoms with Crippen LogP contribution in [0.1, 0.15) is 28.7 Å². The van der Waals surface area contributed by atoms with Crippen LogP contribution in [0.5, 0.6) is 0 Å². The van der Waals surface area contributed by atoms with Crippen molar-refractivity contribution in [1.29, 1.82) is 0 Å². The third-order valence-corrected chi connectivity index (χ3v) is 5.59. The largest absolute Gasteiger partial charge is 0.271 e. The third kappa shape index (κ3) is 2.40. The molecule has 6 heteroatoms. The summed E-state index contributed by atoms with van der Waals surface area (Å²) in [5, 5.41) is 9.88. The van der Waals surface area contributed by atoms with E-state index in [1.54, 1.807) is 5.01 Å². The summed E-state index contributed by atoms with van der Waals surface area (Å²) in [6, 6.07) is 10.4. The first-order valence-corrected chi connectivity index (χ1v) is 9.31. The van der Waals surface area contributed by atoms with Gasteiger partial charge in [-0.05, 0) is 79.6 Å². The molecule has 0 saturated carbocycles. The monoisotopic (exact) mass is 360 g/mol. The average Bonchev–Trinajstić information content (AvgIpc) is 3.31. The molecule has 1 aliphatic carbocycles. The first-order valence-electron chi connectivity index (χ1n) is 9.31. The fourth-order valence-corrected chi connectivity index (χ4v) is 4.41. The van der Waals surface area contributed by atoms with Gasteiger partial charge in [0.1, 0.15) is 0 Å². The van der Waals surface area contributed by atoms with Crippen molar-refractivity contribution in [3.8, 4) is 0 Å². The molecule has 1 saturated heterocycles. The van der Waals surface area contributed by atoms with Gasteiger partial charge in [0, 0.05) is 0 Å². The van der Waals surface area contributed by atoms with E-state index in [9.17, 15) is 9.59 Å². The van der Waals surface area contributed by atoms with Crippen LogP contribution in [0.25, 0.3) is 0 Å². The number of imide groups is 1. The summed E-state index contributed by atoms with van der Waals surface area (Å²) >= 11 is 0. The van der Waals surface area contributed by atoms with Gasteiger partial charge in [-0.15, -0.1) is 0 Å². The number of anilines is 2. The van der Waals surface area contributed by atoms with Gasteiger partial charge in [0.25, 0.3) is 11.8 Å². The lowest BCUT2D eigenvalue weighted by atomic mass is 10.1. The molecule has 2 heterocycles. The fraction of sp³-hybridized carbons (Fsp3) is 0.333. The van der Waals surface area contributed by atoms with Gasteiger partial charge in [-0.2, -0.15) is 5.11 Å². The summed E-state index contributed by atoms with van der Waals surface area (Å²) in [4.78, 5) is 27.4. The number of nitrogens with zero attached hydrogens (tertiary/aromatic N) is 4. The molecule has 136 valence electrons. The Kier molecular flexibility index (Phi) is 3.44. The normalized spacial score (nSPS) is 23.3. The van der Waals surface area contributed by atoms with Crippen molar-refractivity contribution < 1.29 is 9.59 Å². The smallest absolute Gasteiger partial charge is 0.263 e. The Morgan fingerprint density at radius 2 is 1.63 bits per heavy atom. The van der Waals surface area contributed by atoms with Crippen LogP contribution < -0.4 is 9.91 Å². The van der Waals surface area contributed by atoms with Crippen molar-refractivity contribution >= 4 is 23.2 Å². The number of benzene rings is 2. The number of aryl methyl sites for hydroxylation is 4. The molecule has 0 bridgehead atoms. The van der Waals surface area contributed by atoms with Gasteiger partial charge in [0.15, 0.2) is 12.1 Å². The van der Waals surface area contributed by atoms with Crippen LogP contribution in [0.4, 0.5) is 11.4 Å². The molecule has 0 N–H and O–H groups in total. The SMILES string of the molecule is Cc1cc(C)cc(N2N=N[C@@H]3C(=O)N(c4ccc5c(c4)CCC5)C(=O)[C@@H]32)c1. The zero-order valence-corrected chi connectivity index (χ0v) is 15.3. The summed E-state index contributed by atoms with van der Waals surface area (Å²) in [5.74, 6) is -0.550. The Hall–Kier alpha value is -3.02. The van der Waals surface area contributed by atoms with Crippen LogP contribution in [0.3, 0.4) is 0 Å². The van der Waals surface area contributed by atoms with Crippen molar-refractivity contribution in [2.24, 2.45) is 10.3 Å². The van der Waals surface area contributed by atoms with Gasteiger partial charge in [0.2, 0.25) is 0 Å². The Morgan fingerprint density at radius 3 is 2.41 bits per heavy atom. The number of fused-ring (bicyclic) bond motifs is 2. The maximum absolute atomic E-state index is 13.2. The lowest BCUT2D eigenvalue weighted by Crippen LogP contribution is -2.40. The van der Waals surface area contributed by atoms with E-state index in [0.717, 1.165) is 36.1 Å². The van der Waals surface area contributed by atoms with Gasteiger partial charge in [0.05, 0.1) is 11.4 Å². The van der Waals surface area contributed by atoms with E-state index in [1.807, 2.05) is 44.2 Å². The maximum atomic E-state index is 13.2. The highest BCUT2D eigenvalue weighted by Gasteiger charge is 2.55. The van der Waals surface area contributed by atoms with Crippen molar-refractivity contribution in [2.75, 3.05) is 9.91 Å². The molecule has 0 aromatic heterocycles. The van der Waals surface area contributed by atoms with E-state index in [0.29, 0.717) is 5.69 Å². The van der Waals surface area contributed by atoms with E-state index < -0.39 is 12.1 Å². The molecule has 2 amide bonds. The minimum Gasteiger partial charge on any atom is -0.271 e. The second kappa shape index (κ2) is 5.74. The van der Waals surface area contributed by atoms with Crippen molar-refractivity contribution in [3.05, 3.63) is 58.7 Å². The van der Waals surface area contributed by atoms with Crippen LogP contribution in [-0.2, 0) is 22.4 Å². The Morgan fingerprint density at radius 1 is 0.889 bits per heavy atom. The molecule has 0 unspecified atom stereocenters. The van der Waals surface area contributed by atoms with Crippen molar-refractivity contribution in [1.82, 2.24) is 0 Å². The molecule has 2 atom stereocenters. The van der Waals surface area contributed by atoms with Gasteiger partial charge in [-0.3, -0.25) is 9.59 Å². The predicted molar refractivity (Wildman–Crippen MR) is 102 cm³/mol. The number of hydrogen-bond acceptors (Lipinski definition) is 5. The molecule has 1 fully saturated rings. The first-order chi connectivity index (χ1) is 13.0. The lowest BCUT2D eigenvalue weighted by molar-refractivity contribution is -0.121. The Labute approximate surface area is 157 Å². The lowest BCUT2D eigenvalue weighted by Gasteiger charge is -2.21. The molecule has 3 aliphatic rings. The van der Waals surface area contributed by atoms with E-state index >= 15 is 0 Å². The molecule has 5 rings (SSSR count). The summed E-state index contributed by atoms with van der Waals surface area (Å²) in [6.45, 7) is 4.00. The van der Waals surface area contributed by atoms with Crippen LogP contribution in [0.2, 0.25) is 0 Å². The van der Waals surface area contributed by atoms with Crippen molar-refractivity contribution in [2.45, 2.75) is 45.2 Å². The fourth-order valence-electron chi connectivity index (χ4n) is 4.41. The van der Waals surface area contributed by atoms with E-state index in [2.05, 4.69) is 16.4 Å². The molecule has 2 aromatic carbocycles. The van der Waals surface area contributed by atoms with Crippen LogP contribution in [0.15, 0.2) is 46.7 Å². The summed E-state index contributed by atoms with van der Waals surface area (Å²) < 4.78 is 0. The summed E-state index contributed by atoms with van der Waals surface area (Å²) in [5.41, 5.74) is 6.15. The number of carbonyl (C=O) groups excluding carboxylic acids is 2. The molecule has 0 radical (unpaired) electrons. The molecule has 2 aliphatic heterocycles. The number of amides is 2. The molecule has 6 nitrogen and oxygen atoms in total. The highest BCUT2D eigenvalue weighted by molar-refractivity contribution is 6.26. The minimum absolute atomic E-state index is 0.257. The zero-order chi connectivity index (χ0) is 18.7. The molecular weight excluding hydrogens is 340 g/mol. The highest BCUT2D eigenvalue weighted by Crippen LogP contribution is 2.36. The number of carbonyl (C=O) groups is 2. The molecule has 0 spiro atoms. The first kappa shape index (κ1) is 16.2. The van der Waals surface area contributed by atoms with Gasteiger partial charge in [-0.1, -0.05) is 17.4 Å². The van der Waals surface area contributed by atoms with E-state index in [-0.39, 0.29) is 11.8 Å². The quantitative estimate of drug-likeness (QED) is 0.772. The standard InChI is InChI=1S/C21H20N4O2/c1-12-8-13(2)10-17(9-12)25-19-18(22-23-25)20(26)24(21(19)27)16-7-6-14-4-3-5-15(14)11-16/h6-11,18-19H,3-5H2,1-2H3/t18-,19+/m0/s1. The highest BCUT2D eigenvalue weighted by atomic mass is 16.2. The van der Waals surface area contributed by atoms with Crippen LogP contribution in [0, 0.1) is 13.8 Å². The van der Waals surface area contributed by atoms with Gasteiger partial charge in [-0.25, -0.2) is 9.91 Å². The summed E-state index contributed by atoms with van der Waals surface area (Å²) in [7, 11) is 0. The number of rotatable bonds is 2. The topological polar surface area (TPSA) is 65.3 Å². The van der Waals surface area contributed by atoms with E-state index in [4.69, 9.17) is 0 Å². The molecule has 2 aromatic rings. The van der Waals surface area contributed by atoms with Crippen LogP contribution >= 0.6 is 0 Å². The Bertz CT molecular complexity index is 993. The third-order valence-electron chi connectivity index (χ3n) is 5.59. The maximum Gasteiger partial charge on any atom is 0.263 e. The minimum atomic E-state index is -0.772. The van der Waals surface area contributed by atoms with Gasteiger partial charge >= 0.3 is 0 Å². The zero-order valence-electron chi connectivity index (χ0n) is 15.3. The van der Waals surface area contributed by atoms with E-state index in [1.165, 1.54) is 16.0 Å². The van der Waals surface area contributed by atoms with Gasteiger partial charge < -0.3 is 0 Å². The second-order valence-corrected chi connectivity index (χ2v) is 7.60. The van der Waals surface area contributed by atoms with Crippen molar-refractivity contribution in [3.63, 3.8) is 0 Å². The molecule has 27 heavy (non-hydrogen) atoms. The van der Waals surface area contributed by atoms with Crippen LogP contribution in [-0.4, -0.2) is 23.9 Å². The average molecular weight is 360 g/mol.